The third-order valence-corrected chi connectivity index (χ3v) is 9.00. The van der Waals surface area contributed by atoms with Crippen molar-refractivity contribution in [3.05, 3.63) is 0 Å². The molecule has 0 fully saturated rings. The van der Waals surface area contributed by atoms with Crippen molar-refractivity contribution in [2.24, 2.45) is 0 Å². The van der Waals surface area contributed by atoms with E-state index in [-0.39, 0.29) is 0 Å². The summed E-state index contributed by atoms with van der Waals surface area (Å²) in [7, 11) is 0. The maximum Gasteiger partial charge on any atom is 0.0930 e. The van der Waals surface area contributed by atoms with Gasteiger partial charge in [-0.3, -0.25) is 0 Å². The molecule has 3 heteroatoms. The van der Waals surface area contributed by atoms with Crippen LogP contribution in [0.2, 0.25) is 0 Å². The Balaban J connectivity index is 3.49. The molecule has 0 saturated carbocycles. The molecule has 0 aromatic heterocycles. The molecule has 0 radical (unpaired) electrons. The molecule has 0 aromatic carbocycles. The van der Waals surface area contributed by atoms with Crippen molar-refractivity contribution in [3.8, 4) is 0 Å². The highest BCUT2D eigenvalue weighted by Gasteiger charge is 2.10. The summed E-state index contributed by atoms with van der Waals surface area (Å²) in [6.07, 6.45) is 43.9. The molecule has 0 aliphatic rings. The van der Waals surface area contributed by atoms with Crippen LogP contribution in [-0.2, 0) is 9.78 Å². The molecular formula is C39H81NO2. The van der Waals surface area contributed by atoms with Crippen molar-refractivity contribution in [3.63, 3.8) is 0 Å². The van der Waals surface area contributed by atoms with Crippen molar-refractivity contribution in [2.45, 2.75) is 232 Å². The van der Waals surface area contributed by atoms with Gasteiger partial charge in [0.25, 0.3) is 0 Å². The lowest BCUT2D eigenvalue weighted by Crippen LogP contribution is -2.16. The van der Waals surface area contributed by atoms with Gasteiger partial charge in [0, 0.05) is 0 Å². The van der Waals surface area contributed by atoms with E-state index in [9.17, 15) is 0 Å². The first-order chi connectivity index (χ1) is 20.8. The molecule has 0 heterocycles. The van der Waals surface area contributed by atoms with Gasteiger partial charge in [0.15, 0.2) is 0 Å². The molecule has 1 N–H and O–H groups in total. The van der Waals surface area contributed by atoms with E-state index in [1.54, 1.807) is 0 Å². The standard InChI is InChI=1S/C39H81NO2/c1-4-7-10-13-16-17-18-19-20-21-26-31-36-40-37-32-27-22-23-28-33-38-41-42-39(34-29-24-14-11-8-5-2)35-30-25-15-12-9-6-3/h39-40H,4-38H2,1-3H3. The predicted octanol–water partition coefficient (Wildman–Crippen LogP) is 13.4. The lowest BCUT2D eigenvalue weighted by atomic mass is 10.0. The summed E-state index contributed by atoms with van der Waals surface area (Å²) in [5, 5.41) is 3.67. The monoisotopic (exact) mass is 596 g/mol. The third-order valence-electron chi connectivity index (χ3n) is 9.00. The Morgan fingerprint density at radius 3 is 1.05 bits per heavy atom. The zero-order valence-corrected chi connectivity index (χ0v) is 29.6. The van der Waals surface area contributed by atoms with Crippen LogP contribution >= 0.6 is 0 Å². The predicted molar refractivity (Wildman–Crippen MR) is 188 cm³/mol. The number of hydrogen-bond acceptors (Lipinski definition) is 3. The van der Waals surface area contributed by atoms with E-state index < -0.39 is 0 Å². The molecule has 3 nitrogen and oxygen atoms in total. The molecule has 0 spiro atoms. The first kappa shape index (κ1) is 41.9. The Bertz CT molecular complexity index is 442. The smallest absolute Gasteiger partial charge is 0.0930 e. The molecule has 0 aliphatic heterocycles. The van der Waals surface area contributed by atoms with Gasteiger partial charge in [0.1, 0.15) is 0 Å². The van der Waals surface area contributed by atoms with Crippen molar-refractivity contribution in [1.29, 1.82) is 0 Å². The fourth-order valence-corrected chi connectivity index (χ4v) is 6.02. The zero-order valence-electron chi connectivity index (χ0n) is 29.6. The maximum atomic E-state index is 5.93. The second-order valence-corrected chi connectivity index (χ2v) is 13.4. The van der Waals surface area contributed by atoms with Gasteiger partial charge in [0.2, 0.25) is 0 Å². The highest BCUT2D eigenvalue weighted by molar-refractivity contribution is 4.59. The van der Waals surface area contributed by atoms with Crippen LogP contribution in [0.15, 0.2) is 0 Å². The van der Waals surface area contributed by atoms with E-state index in [1.807, 2.05) is 0 Å². The van der Waals surface area contributed by atoms with Gasteiger partial charge < -0.3 is 5.32 Å². The van der Waals surface area contributed by atoms with Crippen molar-refractivity contribution in [1.82, 2.24) is 5.32 Å². The Morgan fingerprint density at radius 1 is 0.357 bits per heavy atom. The third kappa shape index (κ3) is 36.1. The van der Waals surface area contributed by atoms with Crippen molar-refractivity contribution < 1.29 is 9.78 Å². The summed E-state index contributed by atoms with van der Waals surface area (Å²) in [6, 6.07) is 0. The maximum absolute atomic E-state index is 5.93. The normalized spacial score (nSPS) is 11.7. The van der Waals surface area contributed by atoms with Crippen LogP contribution in [0.4, 0.5) is 0 Å². The summed E-state index contributed by atoms with van der Waals surface area (Å²) in [4.78, 5) is 11.7. The van der Waals surface area contributed by atoms with E-state index in [0.717, 1.165) is 13.0 Å². The lowest BCUT2D eigenvalue weighted by molar-refractivity contribution is -0.327. The van der Waals surface area contributed by atoms with Gasteiger partial charge in [-0.05, 0) is 45.2 Å². The second-order valence-electron chi connectivity index (χ2n) is 13.4. The molecule has 0 atom stereocenters. The number of nitrogens with one attached hydrogen (secondary N) is 1. The summed E-state index contributed by atoms with van der Waals surface area (Å²) in [6.45, 7) is 10.1. The molecule has 0 bridgehead atoms. The minimum Gasteiger partial charge on any atom is -0.317 e. The minimum absolute atomic E-state index is 0.310. The Kier molecular flexibility index (Phi) is 38.8. The molecule has 0 unspecified atom stereocenters. The fraction of sp³-hybridized carbons (Fsp3) is 1.00. The molecule has 42 heavy (non-hydrogen) atoms. The van der Waals surface area contributed by atoms with Gasteiger partial charge in [-0.1, -0.05) is 194 Å². The zero-order chi connectivity index (χ0) is 30.4. The van der Waals surface area contributed by atoms with Crippen molar-refractivity contribution in [2.75, 3.05) is 19.7 Å². The Morgan fingerprint density at radius 2 is 0.667 bits per heavy atom. The lowest BCUT2D eigenvalue weighted by Gasteiger charge is -2.17. The Labute approximate surface area is 266 Å². The second kappa shape index (κ2) is 38.9. The largest absolute Gasteiger partial charge is 0.317 e. The minimum atomic E-state index is 0.310. The van der Waals surface area contributed by atoms with E-state index in [2.05, 4.69) is 26.1 Å². The molecule has 0 aromatic rings. The number of unbranched alkanes of at least 4 members (excludes halogenated alkanes) is 26. The number of hydrogen-bond donors (Lipinski definition) is 1. The molecule has 0 saturated heterocycles. The topological polar surface area (TPSA) is 30.5 Å². The van der Waals surface area contributed by atoms with Crippen LogP contribution in [0, 0.1) is 0 Å². The van der Waals surface area contributed by atoms with Crippen LogP contribution in [-0.4, -0.2) is 25.8 Å². The van der Waals surface area contributed by atoms with Gasteiger partial charge in [-0.15, -0.1) is 0 Å². The molecule has 0 amide bonds. The summed E-state index contributed by atoms with van der Waals surface area (Å²) < 4.78 is 0. The molecular weight excluding hydrogens is 514 g/mol. The van der Waals surface area contributed by atoms with Crippen LogP contribution in [0.5, 0.6) is 0 Å². The van der Waals surface area contributed by atoms with Gasteiger partial charge in [0.05, 0.1) is 12.7 Å². The van der Waals surface area contributed by atoms with Crippen LogP contribution in [0.1, 0.15) is 226 Å². The summed E-state index contributed by atoms with van der Waals surface area (Å²) in [5.41, 5.74) is 0. The molecule has 0 rings (SSSR count). The molecule has 254 valence electrons. The SMILES string of the molecule is CCCCCCCCCCCCCCNCCCCCCCCOOC(CCCCCCCC)CCCCCCCC. The van der Waals surface area contributed by atoms with Crippen LogP contribution < -0.4 is 5.32 Å². The average Bonchev–Trinajstić information content (AvgIpc) is 3.00. The summed E-state index contributed by atoms with van der Waals surface area (Å²) in [5.74, 6) is 0. The number of rotatable bonds is 38. The van der Waals surface area contributed by atoms with E-state index in [0.29, 0.717) is 6.10 Å². The quantitative estimate of drug-likeness (QED) is 0.0437. The highest BCUT2D eigenvalue weighted by Crippen LogP contribution is 2.18. The van der Waals surface area contributed by atoms with Crippen LogP contribution in [0.25, 0.3) is 0 Å². The molecule has 0 aliphatic carbocycles. The van der Waals surface area contributed by atoms with Crippen LogP contribution in [0.3, 0.4) is 0 Å². The van der Waals surface area contributed by atoms with Gasteiger partial charge >= 0.3 is 0 Å². The van der Waals surface area contributed by atoms with Gasteiger partial charge in [-0.25, -0.2) is 9.78 Å². The summed E-state index contributed by atoms with van der Waals surface area (Å²) >= 11 is 0. The highest BCUT2D eigenvalue weighted by atomic mass is 17.2. The van der Waals surface area contributed by atoms with E-state index in [4.69, 9.17) is 9.78 Å². The van der Waals surface area contributed by atoms with E-state index in [1.165, 1.54) is 212 Å². The fourth-order valence-electron chi connectivity index (χ4n) is 6.02. The Hall–Kier alpha value is -0.120. The average molecular weight is 596 g/mol. The van der Waals surface area contributed by atoms with E-state index >= 15 is 0 Å². The first-order valence-electron chi connectivity index (χ1n) is 19.8. The van der Waals surface area contributed by atoms with Gasteiger partial charge in [-0.2, -0.15) is 0 Å². The van der Waals surface area contributed by atoms with Crippen molar-refractivity contribution >= 4 is 0 Å². The first-order valence-corrected chi connectivity index (χ1v) is 19.8.